The van der Waals surface area contributed by atoms with E-state index in [-0.39, 0.29) is 6.10 Å². The van der Waals surface area contributed by atoms with Gasteiger partial charge in [0.15, 0.2) is 0 Å². The summed E-state index contributed by atoms with van der Waals surface area (Å²) >= 11 is 1.70. The van der Waals surface area contributed by atoms with Gasteiger partial charge in [-0.25, -0.2) is 9.50 Å². The van der Waals surface area contributed by atoms with Gasteiger partial charge in [0, 0.05) is 12.0 Å². The Morgan fingerprint density at radius 1 is 1.12 bits per heavy atom. The van der Waals surface area contributed by atoms with Gasteiger partial charge in [-0.2, -0.15) is 5.10 Å². The Hall–Kier alpha value is -1.88. The lowest BCUT2D eigenvalue weighted by atomic mass is 10.1. The fourth-order valence-electron chi connectivity index (χ4n) is 2.66. The van der Waals surface area contributed by atoms with Crippen molar-refractivity contribution in [2.75, 3.05) is 0 Å². The highest BCUT2D eigenvalue weighted by molar-refractivity contribution is 7.16. The highest BCUT2D eigenvalue weighted by Crippen LogP contribution is 2.25. The van der Waals surface area contributed by atoms with Crippen molar-refractivity contribution in [3.8, 4) is 17.0 Å². The molecule has 0 aliphatic heterocycles. The van der Waals surface area contributed by atoms with Crippen molar-refractivity contribution >= 4 is 16.3 Å². The van der Waals surface area contributed by atoms with E-state index in [9.17, 15) is 0 Å². The van der Waals surface area contributed by atoms with Gasteiger partial charge in [0.2, 0.25) is 4.96 Å². The van der Waals surface area contributed by atoms with Crippen molar-refractivity contribution in [1.82, 2.24) is 14.6 Å². The lowest BCUT2D eigenvalue weighted by Gasteiger charge is -2.09. The van der Waals surface area contributed by atoms with E-state index in [1.165, 1.54) is 30.7 Å². The van der Waals surface area contributed by atoms with Crippen LogP contribution in [0.1, 0.15) is 51.5 Å². The van der Waals surface area contributed by atoms with Gasteiger partial charge in [0.25, 0.3) is 0 Å². The van der Waals surface area contributed by atoms with Gasteiger partial charge in [-0.1, -0.05) is 37.5 Å². The van der Waals surface area contributed by atoms with E-state index in [0.29, 0.717) is 0 Å². The van der Waals surface area contributed by atoms with Crippen LogP contribution in [0.25, 0.3) is 16.2 Å². The second kappa shape index (κ2) is 7.79. The predicted octanol–water partition coefficient (Wildman–Crippen LogP) is 5.37. The molecule has 24 heavy (non-hydrogen) atoms. The van der Waals surface area contributed by atoms with E-state index in [4.69, 9.17) is 9.72 Å². The van der Waals surface area contributed by atoms with Crippen molar-refractivity contribution in [2.24, 2.45) is 0 Å². The number of benzene rings is 1. The van der Waals surface area contributed by atoms with Crippen LogP contribution < -0.4 is 4.74 Å². The van der Waals surface area contributed by atoms with E-state index in [1.807, 2.05) is 36.7 Å². The molecule has 128 valence electrons. The number of nitrogens with zero attached hydrogens (tertiary/aromatic N) is 3. The Bertz CT molecular complexity index is 742. The van der Waals surface area contributed by atoms with Gasteiger partial charge >= 0.3 is 0 Å². The first-order chi connectivity index (χ1) is 11.7. The number of hydrogen-bond acceptors (Lipinski definition) is 4. The van der Waals surface area contributed by atoms with Gasteiger partial charge in [0.1, 0.15) is 10.8 Å². The Labute approximate surface area is 147 Å². The van der Waals surface area contributed by atoms with Crippen LogP contribution in [0.5, 0.6) is 5.75 Å². The molecule has 1 aromatic carbocycles. The molecule has 0 amide bonds. The Morgan fingerprint density at radius 2 is 1.92 bits per heavy atom. The van der Waals surface area contributed by atoms with Gasteiger partial charge in [-0.3, -0.25) is 0 Å². The molecule has 0 radical (unpaired) electrons. The molecule has 0 saturated heterocycles. The van der Waals surface area contributed by atoms with Crippen molar-refractivity contribution in [3.63, 3.8) is 0 Å². The highest BCUT2D eigenvalue weighted by atomic mass is 32.1. The number of imidazole rings is 1. The Morgan fingerprint density at radius 3 is 2.58 bits per heavy atom. The molecule has 0 aliphatic carbocycles. The van der Waals surface area contributed by atoms with Crippen LogP contribution >= 0.6 is 11.3 Å². The van der Waals surface area contributed by atoms with Crippen molar-refractivity contribution in [3.05, 3.63) is 35.5 Å². The lowest BCUT2D eigenvalue weighted by Crippen LogP contribution is -2.05. The average molecular weight is 343 g/mol. The van der Waals surface area contributed by atoms with Gasteiger partial charge in [-0.15, -0.1) is 0 Å². The topological polar surface area (TPSA) is 39.4 Å². The minimum atomic E-state index is 0.189. The van der Waals surface area contributed by atoms with Crippen molar-refractivity contribution in [2.45, 2.75) is 59.0 Å². The van der Waals surface area contributed by atoms with E-state index in [2.05, 4.69) is 24.2 Å². The SMILES string of the molecule is CCCCCCc1nn2cc(-c3ccc(OC(C)C)cc3)nc2s1. The molecule has 0 atom stereocenters. The van der Waals surface area contributed by atoms with Crippen LogP contribution in [0.3, 0.4) is 0 Å². The molecular formula is C19H25N3OS. The molecule has 2 heterocycles. The first-order valence-electron chi connectivity index (χ1n) is 8.78. The standard InChI is InChI=1S/C19H25N3OS/c1-4-5-6-7-8-18-21-22-13-17(20-19(22)24-18)15-9-11-16(12-10-15)23-14(2)3/h9-14H,4-8H2,1-3H3. The summed E-state index contributed by atoms with van der Waals surface area (Å²) in [7, 11) is 0. The maximum Gasteiger partial charge on any atom is 0.212 e. The molecule has 0 aliphatic rings. The summed E-state index contributed by atoms with van der Waals surface area (Å²) in [6, 6.07) is 8.09. The predicted molar refractivity (Wildman–Crippen MR) is 99.9 cm³/mol. The second-order valence-electron chi connectivity index (χ2n) is 6.35. The number of hydrogen-bond donors (Lipinski definition) is 0. The zero-order chi connectivity index (χ0) is 16.9. The molecule has 0 unspecified atom stereocenters. The monoisotopic (exact) mass is 343 g/mol. The van der Waals surface area contributed by atoms with Gasteiger partial charge < -0.3 is 4.74 Å². The second-order valence-corrected chi connectivity index (χ2v) is 7.39. The maximum atomic E-state index is 5.68. The molecule has 5 heteroatoms. The van der Waals surface area contributed by atoms with Crippen LogP contribution in [0.15, 0.2) is 30.5 Å². The van der Waals surface area contributed by atoms with Gasteiger partial charge in [-0.05, 0) is 44.5 Å². The molecular weight excluding hydrogens is 318 g/mol. The first kappa shape index (κ1) is 17.0. The molecule has 0 fully saturated rings. The van der Waals surface area contributed by atoms with Gasteiger partial charge in [0.05, 0.1) is 18.0 Å². The Kier molecular flexibility index (Phi) is 5.51. The van der Waals surface area contributed by atoms with E-state index < -0.39 is 0 Å². The van der Waals surface area contributed by atoms with E-state index >= 15 is 0 Å². The third-order valence-electron chi connectivity index (χ3n) is 3.85. The molecule has 0 N–H and O–H groups in total. The lowest BCUT2D eigenvalue weighted by molar-refractivity contribution is 0.242. The zero-order valence-corrected chi connectivity index (χ0v) is 15.5. The van der Waals surface area contributed by atoms with E-state index in [0.717, 1.165) is 28.4 Å². The number of aryl methyl sites for hydroxylation is 1. The number of fused-ring (bicyclic) bond motifs is 1. The summed E-state index contributed by atoms with van der Waals surface area (Å²) in [5.74, 6) is 0.891. The summed E-state index contributed by atoms with van der Waals surface area (Å²) in [4.78, 5) is 5.69. The van der Waals surface area contributed by atoms with Crippen LogP contribution in [-0.4, -0.2) is 20.7 Å². The largest absolute Gasteiger partial charge is 0.491 e. The summed E-state index contributed by atoms with van der Waals surface area (Å²) < 4.78 is 7.59. The summed E-state index contributed by atoms with van der Waals surface area (Å²) in [6.45, 7) is 6.30. The fraction of sp³-hybridized carbons (Fsp3) is 0.474. The molecule has 0 saturated carbocycles. The maximum absolute atomic E-state index is 5.68. The Balaban J connectivity index is 1.68. The van der Waals surface area contributed by atoms with Crippen LogP contribution in [0.4, 0.5) is 0 Å². The number of unbranched alkanes of at least 4 members (excludes halogenated alkanes) is 3. The number of aromatic nitrogens is 3. The van der Waals surface area contributed by atoms with Crippen molar-refractivity contribution in [1.29, 1.82) is 0 Å². The third-order valence-corrected chi connectivity index (χ3v) is 4.83. The minimum Gasteiger partial charge on any atom is -0.491 e. The zero-order valence-electron chi connectivity index (χ0n) is 14.7. The summed E-state index contributed by atoms with van der Waals surface area (Å²) in [6.07, 6.45) is 8.34. The smallest absolute Gasteiger partial charge is 0.212 e. The summed E-state index contributed by atoms with van der Waals surface area (Å²) in [5.41, 5.74) is 2.05. The van der Waals surface area contributed by atoms with Crippen LogP contribution in [0, 0.1) is 0 Å². The fourth-order valence-corrected chi connectivity index (χ4v) is 3.58. The average Bonchev–Trinajstić information content (AvgIpc) is 3.10. The summed E-state index contributed by atoms with van der Waals surface area (Å²) in [5, 5.41) is 5.84. The number of ether oxygens (including phenoxy) is 1. The third kappa shape index (κ3) is 4.15. The van der Waals surface area contributed by atoms with Crippen LogP contribution in [-0.2, 0) is 6.42 Å². The van der Waals surface area contributed by atoms with E-state index in [1.54, 1.807) is 11.3 Å². The van der Waals surface area contributed by atoms with Crippen molar-refractivity contribution < 1.29 is 4.74 Å². The highest BCUT2D eigenvalue weighted by Gasteiger charge is 2.10. The molecule has 3 rings (SSSR count). The number of rotatable bonds is 8. The molecule has 2 aromatic heterocycles. The normalized spacial score (nSPS) is 11.5. The molecule has 3 aromatic rings. The quantitative estimate of drug-likeness (QED) is 0.516. The minimum absolute atomic E-state index is 0.189. The first-order valence-corrected chi connectivity index (χ1v) is 9.59. The van der Waals surface area contributed by atoms with Crippen LogP contribution in [0.2, 0.25) is 0 Å². The molecule has 0 bridgehead atoms. The molecule has 0 spiro atoms. The molecule has 4 nitrogen and oxygen atoms in total.